The van der Waals surface area contributed by atoms with Gasteiger partial charge in [0.25, 0.3) is 0 Å². The smallest absolute Gasteiger partial charge is 0.410 e. The molecule has 0 saturated heterocycles. The molecular weight excluding hydrogens is 362 g/mol. The van der Waals surface area contributed by atoms with E-state index in [0.717, 1.165) is 12.2 Å². The molecule has 0 aromatic heterocycles. The van der Waals surface area contributed by atoms with Crippen LogP contribution in [-0.2, 0) is 17.8 Å². The molecule has 0 radical (unpaired) electrons. The number of carbonyl (C=O) groups excluding carboxylic acids is 1. The van der Waals surface area contributed by atoms with E-state index >= 15 is 0 Å². The SMILES string of the molecule is Cc1ccccc1COc1ccc2c(c1)CCN(C(=O)OC(C)(C)C)[C@H]2C(C)C. The Hall–Kier alpha value is -2.49. The van der Waals surface area contributed by atoms with Crippen molar-refractivity contribution in [3.8, 4) is 5.75 Å². The highest BCUT2D eigenvalue weighted by molar-refractivity contribution is 5.69. The predicted molar refractivity (Wildman–Crippen MR) is 116 cm³/mol. The van der Waals surface area contributed by atoms with Crippen molar-refractivity contribution in [3.63, 3.8) is 0 Å². The monoisotopic (exact) mass is 395 g/mol. The van der Waals surface area contributed by atoms with Gasteiger partial charge in [-0.2, -0.15) is 0 Å². The quantitative estimate of drug-likeness (QED) is 0.631. The number of hydrogen-bond donors (Lipinski definition) is 0. The maximum Gasteiger partial charge on any atom is 0.410 e. The summed E-state index contributed by atoms with van der Waals surface area (Å²) in [6.07, 6.45) is 0.570. The summed E-state index contributed by atoms with van der Waals surface area (Å²) in [5.41, 5.74) is 4.39. The number of fused-ring (bicyclic) bond motifs is 1. The fraction of sp³-hybridized carbons (Fsp3) is 0.480. The highest BCUT2D eigenvalue weighted by atomic mass is 16.6. The summed E-state index contributed by atoms with van der Waals surface area (Å²) >= 11 is 0. The minimum atomic E-state index is -0.494. The first kappa shape index (κ1) is 21.2. The Morgan fingerprint density at radius 2 is 1.90 bits per heavy atom. The zero-order valence-corrected chi connectivity index (χ0v) is 18.5. The van der Waals surface area contributed by atoms with Gasteiger partial charge in [0.15, 0.2) is 0 Å². The molecular formula is C25H33NO3. The maximum absolute atomic E-state index is 12.8. The van der Waals surface area contributed by atoms with Crippen molar-refractivity contribution >= 4 is 6.09 Å². The van der Waals surface area contributed by atoms with Crippen molar-refractivity contribution < 1.29 is 14.3 Å². The Balaban J connectivity index is 1.79. The Kier molecular flexibility index (Phi) is 6.21. The third-order valence-corrected chi connectivity index (χ3v) is 5.31. The predicted octanol–water partition coefficient (Wildman–Crippen LogP) is 6.06. The van der Waals surface area contributed by atoms with Crippen LogP contribution in [-0.4, -0.2) is 23.1 Å². The highest BCUT2D eigenvalue weighted by Crippen LogP contribution is 2.37. The summed E-state index contributed by atoms with van der Waals surface area (Å²) in [5.74, 6) is 1.17. The van der Waals surface area contributed by atoms with Gasteiger partial charge in [0.2, 0.25) is 0 Å². The van der Waals surface area contributed by atoms with E-state index < -0.39 is 5.60 Å². The number of nitrogens with zero attached hydrogens (tertiary/aromatic N) is 1. The molecule has 1 aliphatic rings. The van der Waals surface area contributed by atoms with E-state index in [1.54, 1.807) is 0 Å². The average Bonchev–Trinajstić information content (AvgIpc) is 2.64. The Morgan fingerprint density at radius 3 is 2.55 bits per heavy atom. The van der Waals surface area contributed by atoms with Crippen LogP contribution in [0.2, 0.25) is 0 Å². The van der Waals surface area contributed by atoms with Gasteiger partial charge in [0.1, 0.15) is 18.0 Å². The molecule has 0 bridgehead atoms. The normalized spacial score (nSPS) is 16.5. The van der Waals surface area contributed by atoms with Gasteiger partial charge in [-0.1, -0.05) is 44.2 Å². The van der Waals surface area contributed by atoms with Crippen LogP contribution in [0.15, 0.2) is 42.5 Å². The van der Waals surface area contributed by atoms with Crippen LogP contribution in [0.25, 0.3) is 0 Å². The molecule has 1 aliphatic heterocycles. The topological polar surface area (TPSA) is 38.8 Å². The molecule has 3 rings (SSSR count). The van der Waals surface area contributed by atoms with Crippen LogP contribution >= 0.6 is 0 Å². The molecule has 4 heteroatoms. The summed E-state index contributed by atoms with van der Waals surface area (Å²) in [7, 11) is 0. The molecule has 4 nitrogen and oxygen atoms in total. The van der Waals surface area contributed by atoms with Gasteiger partial charge >= 0.3 is 6.09 Å². The first-order chi connectivity index (χ1) is 13.7. The summed E-state index contributed by atoms with van der Waals surface area (Å²) in [6.45, 7) is 13.3. The molecule has 0 spiro atoms. The lowest BCUT2D eigenvalue weighted by Gasteiger charge is -2.40. The molecule has 2 aromatic rings. The maximum atomic E-state index is 12.8. The molecule has 0 saturated carbocycles. The number of hydrogen-bond acceptors (Lipinski definition) is 3. The molecule has 1 heterocycles. The van der Waals surface area contributed by atoms with Crippen molar-refractivity contribution in [2.75, 3.05) is 6.54 Å². The number of ether oxygens (including phenoxy) is 2. The number of carbonyl (C=O) groups is 1. The zero-order chi connectivity index (χ0) is 21.2. The van der Waals surface area contributed by atoms with E-state index in [-0.39, 0.29) is 12.1 Å². The third kappa shape index (κ3) is 5.11. The summed E-state index contributed by atoms with van der Waals surface area (Å²) in [5, 5.41) is 0. The lowest BCUT2D eigenvalue weighted by atomic mass is 9.86. The Labute approximate surface area is 174 Å². The van der Waals surface area contributed by atoms with E-state index in [9.17, 15) is 4.79 Å². The fourth-order valence-electron chi connectivity index (χ4n) is 3.90. The minimum Gasteiger partial charge on any atom is -0.489 e. The second-order valence-corrected chi connectivity index (χ2v) is 9.19. The lowest BCUT2D eigenvalue weighted by Crippen LogP contribution is -2.44. The first-order valence-corrected chi connectivity index (χ1v) is 10.5. The molecule has 29 heavy (non-hydrogen) atoms. The van der Waals surface area contributed by atoms with Gasteiger partial charge in [-0.05, 0) is 74.4 Å². The molecule has 0 unspecified atom stereocenters. The lowest BCUT2D eigenvalue weighted by molar-refractivity contribution is 0.00876. The van der Waals surface area contributed by atoms with Gasteiger partial charge in [-0.3, -0.25) is 0 Å². The average molecular weight is 396 g/mol. The zero-order valence-electron chi connectivity index (χ0n) is 18.5. The van der Waals surface area contributed by atoms with Gasteiger partial charge in [0.05, 0.1) is 6.04 Å². The second-order valence-electron chi connectivity index (χ2n) is 9.19. The van der Waals surface area contributed by atoms with Crippen molar-refractivity contribution in [1.82, 2.24) is 4.90 Å². The van der Waals surface area contributed by atoms with Crippen LogP contribution in [0.5, 0.6) is 5.75 Å². The number of aryl methyl sites for hydroxylation is 1. The molecule has 156 valence electrons. The summed E-state index contributed by atoms with van der Waals surface area (Å²) in [6, 6.07) is 14.6. The third-order valence-electron chi connectivity index (χ3n) is 5.31. The van der Waals surface area contributed by atoms with Crippen LogP contribution in [0, 0.1) is 12.8 Å². The number of benzene rings is 2. The number of rotatable bonds is 4. The molecule has 1 amide bonds. The Bertz CT molecular complexity index is 867. The van der Waals surface area contributed by atoms with E-state index in [4.69, 9.17) is 9.47 Å². The van der Waals surface area contributed by atoms with Gasteiger partial charge in [-0.25, -0.2) is 4.79 Å². The molecule has 0 fully saturated rings. The van der Waals surface area contributed by atoms with Gasteiger partial charge in [-0.15, -0.1) is 0 Å². The van der Waals surface area contributed by atoms with Crippen molar-refractivity contribution in [2.24, 2.45) is 5.92 Å². The summed E-state index contributed by atoms with van der Waals surface area (Å²) in [4.78, 5) is 14.7. The summed E-state index contributed by atoms with van der Waals surface area (Å²) < 4.78 is 11.7. The first-order valence-electron chi connectivity index (χ1n) is 10.5. The second kappa shape index (κ2) is 8.48. The molecule has 2 aromatic carbocycles. The Morgan fingerprint density at radius 1 is 1.17 bits per heavy atom. The molecule has 1 atom stereocenters. The standard InChI is InChI=1S/C25H33NO3/c1-17(2)23-22-12-11-21(28-16-20-10-8-7-9-18(20)3)15-19(22)13-14-26(23)24(27)29-25(4,5)6/h7-12,15,17,23H,13-14,16H2,1-6H3/t23-/m0/s1. The van der Waals surface area contributed by atoms with Crippen molar-refractivity contribution in [3.05, 3.63) is 64.7 Å². The minimum absolute atomic E-state index is 0.0130. The van der Waals surface area contributed by atoms with Crippen molar-refractivity contribution in [1.29, 1.82) is 0 Å². The van der Waals surface area contributed by atoms with E-state index in [0.29, 0.717) is 19.1 Å². The van der Waals surface area contributed by atoms with Gasteiger partial charge < -0.3 is 14.4 Å². The largest absolute Gasteiger partial charge is 0.489 e. The van der Waals surface area contributed by atoms with E-state index in [1.807, 2.05) is 43.9 Å². The van der Waals surface area contributed by atoms with Crippen LogP contribution < -0.4 is 4.74 Å². The van der Waals surface area contributed by atoms with E-state index in [2.05, 4.69) is 45.0 Å². The van der Waals surface area contributed by atoms with Crippen LogP contribution in [0.3, 0.4) is 0 Å². The van der Waals surface area contributed by atoms with Crippen LogP contribution in [0.1, 0.15) is 62.9 Å². The van der Waals surface area contributed by atoms with E-state index in [1.165, 1.54) is 22.3 Å². The van der Waals surface area contributed by atoms with Crippen LogP contribution in [0.4, 0.5) is 4.79 Å². The highest BCUT2D eigenvalue weighted by Gasteiger charge is 2.35. The number of amides is 1. The molecule has 0 aliphatic carbocycles. The molecule has 0 N–H and O–H groups in total. The van der Waals surface area contributed by atoms with Crippen molar-refractivity contribution in [2.45, 2.75) is 66.2 Å². The fourth-order valence-corrected chi connectivity index (χ4v) is 3.90. The van der Waals surface area contributed by atoms with Gasteiger partial charge in [0, 0.05) is 6.54 Å².